The summed E-state index contributed by atoms with van der Waals surface area (Å²) in [4.78, 5) is 0. The lowest BCUT2D eigenvalue weighted by molar-refractivity contribution is 0.249. The summed E-state index contributed by atoms with van der Waals surface area (Å²) < 4.78 is 13.4. The predicted octanol–water partition coefficient (Wildman–Crippen LogP) is 6.63. The van der Waals surface area contributed by atoms with Gasteiger partial charge in [-0.05, 0) is 60.8 Å². The van der Waals surface area contributed by atoms with Gasteiger partial charge in [0.2, 0.25) is 0 Å². The SMILES string of the molecule is CCCCC1CCC(CCC2=CCc3ccc(F)cc3C2)CC1. The van der Waals surface area contributed by atoms with Gasteiger partial charge in [-0.3, -0.25) is 0 Å². The molecule has 0 heterocycles. The van der Waals surface area contributed by atoms with E-state index in [1.165, 1.54) is 74.5 Å². The monoisotopic (exact) mass is 314 g/mol. The van der Waals surface area contributed by atoms with Crippen molar-refractivity contribution < 1.29 is 4.39 Å². The van der Waals surface area contributed by atoms with E-state index in [2.05, 4.69) is 13.0 Å². The number of fused-ring (bicyclic) bond motifs is 1. The Morgan fingerprint density at radius 3 is 2.48 bits per heavy atom. The van der Waals surface area contributed by atoms with E-state index in [4.69, 9.17) is 0 Å². The third-order valence-electron chi connectivity index (χ3n) is 6.00. The zero-order valence-electron chi connectivity index (χ0n) is 14.6. The molecule has 0 N–H and O–H groups in total. The summed E-state index contributed by atoms with van der Waals surface area (Å²) in [6, 6.07) is 5.28. The quantitative estimate of drug-likeness (QED) is 0.517. The van der Waals surface area contributed by atoms with Crippen LogP contribution in [0.3, 0.4) is 0 Å². The van der Waals surface area contributed by atoms with Gasteiger partial charge >= 0.3 is 0 Å². The summed E-state index contributed by atoms with van der Waals surface area (Å²) in [5.74, 6) is 1.85. The molecule has 0 aromatic heterocycles. The average molecular weight is 314 g/mol. The highest BCUT2D eigenvalue weighted by Gasteiger charge is 2.21. The van der Waals surface area contributed by atoms with Crippen molar-refractivity contribution >= 4 is 0 Å². The van der Waals surface area contributed by atoms with Crippen LogP contribution in [0.5, 0.6) is 0 Å². The summed E-state index contributed by atoms with van der Waals surface area (Å²) >= 11 is 0. The number of hydrogen-bond donors (Lipinski definition) is 0. The van der Waals surface area contributed by atoms with Gasteiger partial charge in [0.25, 0.3) is 0 Å². The van der Waals surface area contributed by atoms with Gasteiger partial charge < -0.3 is 0 Å². The maximum absolute atomic E-state index is 13.4. The Bertz CT molecular complexity index is 535. The fourth-order valence-electron chi connectivity index (χ4n) is 4.41. The molecule has 0 radical (unpaired) electrons. The third-order valence-corrected chi connectivity index (χ3v) is 6.00. The highest BCUT2D eigenvalue weighted by molar-refractivity contribution is 5.37. The van der Waals surface area contributed by atoms with E-state index in [0.29, 0.717) is 0 Å². The first-order valence-corrected chi connectivity index (χ1v) is 9.69. The molecule has 1 fully saturated rings. The Morgan fingerprint density at radius 1 is 1.00 bits per heavy atom. The van der Waals surface area contributed by atoms with Crippen LogP contribution >= 0.6 is 0 Å². The predicted molar refractivity (Wildman–Crippen MR) is 96.1 cm³/mol. The molecule has 0 spiro atoms. The van der Waals surface area contributed by atoms with Crippen LogP contribution in [0.15, 0.2) is 29.8 Å². The van der Waals surface area contributed by atoms with Crippen molar-refractivity contribution in [2.45, 2.75) is 77.6 Å². The van der Waals surface area contributed by atoms with Gasteiger partial charge in [0.15, 0.2) is 0 Å². The van der Waals surface area contributed by atoms with Crippen LogP contribution in [0.2, 0.25) is 0 Å². The van der Waals surface area contributed by atoms with Crippen molar-refractivity contribution in [2.75, 3.05) is 0 Å². The van der Waals surface area contributed by atoms with E-state index in [9.17, 15) is 4.39 Å². The summed E-state index contributed by atoms with van der Waals surface area (Å²) in [7, 11) is 0. The molecule has 1 saturated carbocycles. The van der Waals surface area contributed by atoms with Crippen molar-refractivity contribution in [3.63, 3.8) is 0 Å². The number of halogens is 1. The van der Waals surface area contributed by atoms with Crippen molar-refractivity contribution in [2.24, 2.45) is 11.8 Å². The maximum Gasteiger partial charge on any atom is 0.123 e. The minimum absolute atomic E-state index is 0.0876. The molecule has 2 aliphatic carbocycles. The van der Waals surface area contributed by atoms with Crippen LogP contribution in [-0.4, -0.2) is 0 Å². The molecule has 1 aromatic carbocycles. The minimum Gasteiger partial charge on any atom is -0.207 e. The third kappa shape index (κ3) is 4.68. The molecular weight excluding hydrogens is 283 g/mol. The lowest BCUT2D eigenvalue weighted by atomic mass is 9.77. The highest BCUT2D eigenvalue weighted by atomic mass is 19.1. The first-order chi connectivity index (χ1) is 11.2. The van der Waals surface area contributed by atoms with Gasteiger partial charge in [-0.25, -0.2) is 4.39 Å². The van der Waals surface area contributed by atoms with Gasteiger partial charge in [-0.1, -0.05) is 69.6 Å². The van der Waals surface area contributed by atoms with Gasteiger partial charge in [-0.15, -0.1) is 0 Å². The molecule has 1 heteroatoms. The van der Waals surface area contributed by atoms with Gasteiger partial charge in [0.05, 0.1) is 0 Å². The fraction of sp³-hybridized carbons (Fsp3) is 0.636. The topological polar surface area (TPSA) is 0 Å². The second-order valence-corrected chi connectivity index (χ2v) is 7.72. The number of rotatable bonds is 6. The van der Waals surface area contributed by atoms with E-state index >= 15 is 0 Å². The lowest BCUT2D eigenvalue weighted by Gasteiger charge is -2.29. The van der Waals surface area contributed by atoms with Gasteiger partial charge in [0, 0.05) is 0 Å². The summed E-state index contributed by atoms with van der Waals surface area (Å²) in [5, 5.41) is 0. The number of unbranched alkanes of at least 4 members (excludes halogenated alkanes) is 1. The fourth-order valence-corrected chi connectivity index (χ4v) is 4.41. The first-order valence-electron chi connectivity index (χ1n) is 9.69. The zero-order valence-corrected chi connectivity index (χ0v) is 14.6. The molecule has 0 amide bonds. The van der Waals surface area contributed by atoms with Crippen LogP contribution < -0.4 is 0 Å². The molecule has 0 unspecified atom stereocenters. The normalized spacial score (nSPS) is 24.2. The average Bonchev–Trinajstić information content (AvgIpc) is 2.58. The van der Waals surface area contributed by atoms with E-state index < -0.39 is 0 Å². The van der Waals surface area contributed by atoms with Crippen LogP contribution in [0.1, 0.15) is 75.8 Å². The van der Waals surface area contributed by atoms with E-state index in [0.717, 1.165) is 24.7 Å². The smallest absolute Gasteiger partial charge is 0.123 e. The largest absolute Gasteiger partial charge is 0.207 e. The van der Waals surface area contributed by atoms with E-state index in [1.807, 2.05) is 6.07 Å². The van der Waals surface area contributed by atoms with Gasteiger partial charge in [0.1, 0.15) is 5.82 Å². The summed E-state index contributed by atoms with van der Waals surface area (Å²) in [6.45, 7) is 2.30. The molecule has 0 atom stereocenters. The molecule has 1 aromatic rings. The Hall–Kier alpha value is -1.11. The lowest BCUT2D eigenvalue weighted by Crippen LogP contribution is -2.15. The molecule has 0 bridgehead atoms. The van der Waals surface area contributed by atoms with Crippen molar-refractivity contribution in [1.29, 1.82) is 0 Å². The molecule has 0 saturated heterocycles. The van der Waals surface area contributed by atoms with E-state index in [1.54, 1.807) is 12.1 Å². The minimum atomic E-state index is -0.0876. The second-order valence-electron chi connectivity index (χ2n) is 7.72. The highest BCUT2D eigenvalue weighted by Crippen LogP contribution is 2.35. The Labute approximate surface area is 141 Å². The summed E-state index contributed by atoms with van der Waals surface area (Å²) in [5.41, 5.74) is 4.06. The van der Waals surface area contributed by atoms with Crippen LogP contribution in [0.25, 0.3) is 0 Å². The van der Waals surface area contributed by atoms with Crippen molar-refractivity contribution in [1.82, 2.24) is 0 Å². The van der Waals surface area contributed by atoms with Crippen LogP contribution in [0.4, 0.5) is 4.39 Å². The molecule has 0 aliphatic heterocycles. The molecule has 2 aliphatic rings. The maximum atomic E-state index is 13.4. The molecule has 3 rings (SSSR count). The Morgan fingerprint density at radius 2 is 1.74 bits per heavy atom. The second kappa shape index (κ2) is 8.13. The molecular formula is C22H31F. The number of hydrogen-bond acceptors (Lipinski definition) is 0. The number of allylic oxidation sites excluding steroid dienone is 2. The van der Waals surface area contributed by atoms with E-state index in [-0.39, 0.29) is 5.82 Å². The number of benzene rings is 1. The van der Waals surface area contributed by atoms with Crippen molar-refractivity contribution in [3.05, 3.63) is 46.8 Å². The van der Waals surface area contributed by atoms with Crippen LogP contribution in [0, 0.1) is 17.7 Å². The standard InChI is InChI=1S/C22H31F/c1-2-3-4-17-5-7-18(8-6-17)9-10-19-11-12-20-13-14-22(23)16-21(20)15-19/h11,13-14,16-18H,2-10,12,15H2,1H3. The van der Waals surface area contributed by atoms with Gasteiger partial charge in [-0.2, -0.15) is 0 Å². The molecule has 126 valence electrons. The summed E-state index contributed by atoms with van der Waals surface area (Å²) in [6.07, 6.45) is 16.9. The Balaban J connectivity index is 1.43. The first kappa shape index (κ1) is 16.7. The van der Waals surface area contributed by atoms with Crippen molar-refractivity contribution in [3.8, 4) is 0 Å². The molecule has 0 nitrogen and oxygen atoms in total. The Kier molecular flexibility index (Phi) is 5.91. The molecule has 23 heavy (non-hydrogen) atoms. The van der Waals surface area contributed by atoms with Crippen LogP contribution in [-0.2, 0) is 12.8 Å². The zero-order chi connectivity index (χ0) is 16.1.